The summed E-state index contributed by atoms with van der Waals surface area (Å²) in [5, 5.41) is 0.660. The number of rotatable bonds is 3. The van der Waals surface area contributed by atoms with Crippen LogP contribution >= 0.6 is 11.8 Å². The van der Waals surface area contributed by atoms with Crippen LogP contribution in [0.3, 0.4) is 0 Å². The Morgan fingerprint density at radius 2 is 2.20 bits per heavy atom. The van der Waals surface area contributed by atoms with Gasteiger partial charge in [0.2, 0.25) is 6.79 Å². The molecule has 6 nitrogen and oxygen atoms in total. The van der Waals surface area contributed by atoms with Crippen molar-refractivity contribution in [3.8, 4) is 11.5 Å². The van der Waals surface area contributed by atoms with E-state index in [-0.39, 0.29) is 12.7 Å². The van der Waals surface area contributed by atoms with Gasteiger partial charge in [-0.3, -0.25) is 14.7 Å². The lowest BCUT2D eigenvalue weighted by Crippen LogP contribution is -2.28. The number of pyridine rings is 1. The summed E-state index contributed by atoms with van der Waals surface area (Å²) in [7, 11) is 0. The highest BCUT2D eigenvalue weighted by Gasteiger charge is 2.32. The zero-order valence-corrected chi connectivity index (χ0v) is 14.3. The Labute approximate surface area is 149 Å². The van der Waals surface area contributed by atoms with Crippen LogP contribution in [0.4, 0.5) is 5.69 Å². The molecule has 0 atom stereocenters. The first-order chi connectivity index (χ1) is 12.2. The SMILES string of the molecule is CCN1C(=O)/C(=C/c2ccc3c(c2)OCO3)SC1=Nc1cccnc1. The molecule has 7 heteroatoms. The van der Waals surface area contributed by atoms with E-state index in [2.05, 4.69) is 9.98 Å². The van der Waals surface area contributed by atoms with Gasteiger partial charge >= 0.3 is 0 Å². The summed E-state index contributed by atoms with van der Waals surface area (Å²) < 4.78 is 10.7. The van der Waals surface area contributed by atoms with Gasteiger partial charge in [0.05, 0.1) is 16.8 Å². The molecule has 1 fully saturated rings. The summed E-state index contributed by atoms with van der Waals surface area (Å²) in [6.45, 7) is 2.72. The van der Waals surface area contributed by atoms with Gasteiger partial charge in [0, 0.05) is 12.7 Å². The summed E-state index contributed by atoms with van der Waals surface area (Å²) in [4.78, 5) is 23.6. The molecule has 126 valence electrons. The first-order valence-electron chi connectivity index (χ1n) is 7.84. The van der Waals surface area contributed by atoms with Crippen molar-refractivity contribution in [3.05, 3.63) is 53.2 Å². The number of aliphatic imine (C=N–C) groups is 1. The van der Waals surface area contributed by atoms with E-state index < -0.39 is 0 Å². The normalized spacial score (nSPS) is 19.2. The molecule has 0 N–H and O–H groups in total. The predicted molar refractivity (Wildman–Crippen MR) is 96.9 cm³/mol. The molecule has 25 heavy (non-hydrogen) atoms. The average molecular weight is 353 g/mol. The summed E-state index contributed by atoms with van der Waals surface area (Å²) in [6, 6.07) is 9.30. The van der Waals surface area contributed by atoms with Crippen LogP contribution in [-0.2, 0) is 4.79 Å². The molecule has 1 amide bonds. The number of benzene rings is 1. The third kappa shape index (κ3) is 3.10. The molecule has 2 aromatic rings. The second kappa shape index (κ2) is 6.60. The van der Waals surface area contributed by atoms with Gasteiger partial charge in [0.15, 0.2) is 16.7 Å². The largest absolute Gasteiger partial charge is 0.454 e. The van der Waals surface area contributed by atoms with Crippen LogP contribution in [0.2, 0.25) is 0 Å². The van der Waals surface area contributed by atoms with Crippen molar-refractivity contribution in [2.24, 2.45) is 4.99 Å². The zero-order chi connectivity index (χ0) is 17.2. The van der Waals surface area contributed by atoms with E-state index in [1.54, 1.807) is 17.3 Å². The standard InChI is InChI=1S/C18H15N3O3S/c1-2-21-17(22)16(25-18(21)20-13-4-3-7-19-10-13)9-12-5-6-14-15(8-12)24-11-23-14/h3-10H,2,11H2,1H3/b16-9-,20-18?. The van der Waals surface area contributed by atoms with Crippen LogP contribution in [0.5, 0.6) is 11.5 Å². The number of amidine groups is 1. The van der Waals surface area contributed by atoms with Crippen LogP contribution in [0.1, 0.15) is 12.5 Å². The van der Waals surface area contributed by atoms with Gasteiger partial charge in [0.25, 0.3) is 5.91 Å². The van der Waals surface area contributed by atoms with Crippen LogP contribution in [0.15, 0.2) is 52.6 Å². The lowest BCUT2D eigenvalue weighted by Gasteiger charge is -2.11. The molecule has 0 aliphatic carbocycles. The van der Waals surface area contributed by atoms with Crippen molar-refractivity contribution >= 4 is 34.6 Å². The van der Waals surface area contributed by atoms with E-state index in [4.69, 9.17) is 9.47 Å². The van der Waals surface area contributed by atoms with E-state index in [0.29, 0.717) is 22.4 Å². The highest BCUT2D eigenvalue weighted by Crippen LogP contribution is 2.36. The number of hydrogen-bond donors (Lipinski definition) is 0. The zero-order valence-electron chi connectivity index (χ0n) is 13.5. The van der Waals surface area contributed by atoms with E-state index in [9.17, 15) is 4.79 Å². The molecule has 0 bridgehead atoms. The number of amides is 1. The third-order valence-corrected chi connectivity index (χ3v) is 4.78. The molecule has 4 rings (SSSR count). The van der Waals surface area contributed by atoms with Gasteiger partial charge in [-0.05, 0) is 54.6 Å². The number of fused-ring (bicyclic) bond motifs is 1. The third-order valence-electron chi connectivity index (χ3n) is 3.77. The summed E-state index contributed by atoms with van der Waals surface area (Å²) in [6.07, 6.45) is 5.22. The van der Waals surface area contributed by atoms with Gasteiger partial charge in [0.1, 0.15) is 0 Å². The smallest absolute Gasteiger partial charge is 0.266 e. The summed E-state index contributed by atoms with van der Waals surface area (Å²) in [5.74, 6) is 1.37. The summed E-state index contributed by atoms with van der Waals surface area (Å²) in [5.41, 5.74) is 1.61. The van der Waals surface area contributed by atoms with Crippen molar-refractivity contribution in [3.63, 3.8) is 0 Å². The quantitative estimate of drug-likeness (QED) is 0.791. The molecule has 2 aliphatic heterocycles. The van der Waals surface area contributed by atoms with Gasteiger partial charge in [-0.2, -0.15) is 0 Å². The Hall–Kier alpha value is -2.80. The van der Waals surface area contributed by atoms with Crippen molar-refractivity contribution in [1.29, 1.82) is 0 Å². The monoisotopic (exact) mass is 353 g/mol. The maximum atomic E-state index is 12.7. The molecule has 0 saturated carbocycles. The van der Waals surface area contributed by atoms with Crippen LogP contribution < -0.4 is 9.47 Å². The van der Waals surface area contributed by atoms with Gasteiger partial charge in [-0.15, -0.1) is 0 Å². The number of hydrogen-bond acceptors (Lipinski definition) is 6. The summed E-state index contributed by atoms with van der Waals surface area (Å²) >= 11 is 1.36. The molecule has 0 radical (unpaired) electrons. The maximum absolute atomic E-state index is 12.7. The van der Waals surface area contributed by atoms with E-state index in [0.717, 1.165) is 17.0 Å². The molecule has 3 heterocycles. The van der Waals surface area contributed by atoms with Crippen molar-refractivity contribution in [2.75, 3.05) is 13.3 Å². The number of aromatic nitrogens is 1. The minimum Gasteiger partial charge on any atom is -0.454 e. The molecule has 1 aromatic heterocycles. The lowest BCUT2D eigenvalue weighted by molar-refractivity contribution is -0.122. The van der Waals surface area contributed by atoms with Crippen LogP contribution in [0, 0.1) is 0 Å². The van der Waals surface area contributed by atoms with E-state index in [1.807, 2.05) is 43.3 Å². The molecular weight excluding hydrogens is 338 g/mol. The highest BCUT2D eigenvalue weighted by atomic mass is 32.2. The minimum absolute atomic E-state index is 0.0483. The second-order valence-corrected chi connectivity index (χ2v) is 6.39. The number of nitrogens with zero attached hydrogens (tertiary/aromatic N) is 3. The first-order valence-corrected chi connectivity index (χ1v) is 8.66. The number of thioether (sulfide) groups is 1. The Morgan fingerprint density at radius 3 is 3.00 bits per heavy atom. The fourth-order valence-electron chi connectivity index (χ4n) is 2.55. The second-order valence-electron chi connectivity index (χ2n) is 5.38. The Balaban J connectivity index is 1.65. The first kappa shape index (κ1) is 15.7. The number of carbonyl (C=O) groups is 1. The molecule has 2 aliphatic rings. The van der Waals surface area contributed by atoms with Crippen LogP contribution in [-0.4, -0.2) is 34.3 Å². The van der Waals surface area contributed by atoms with Crippen LogP contribution in [0.25, 0.3) is 6.08 Å². The molecule has 0 unspecified atom stereocenters. The highest BCUT2D eigenvalue weighted by molar-refractivity contribution is 8.18. The Bertz CT molecular complexity index is 880. The van der Waals surface area contributed by atoms with Gasteiger partial charge < -0.3 is 9.47 Å². The van der Waals surface area contributed by atoms with Crippen molar-refractivity contribution in [2.45, 2.75) is 6.92 Å². The van der Waals surface area contributed by atoms with E-state index >= 15 is 0 Å². The Kier molecular flexibility index (Phi) is 4.15. The van der Waals surface area contributed by atoms with Crippen molar-refractivity contribution < 1.29 is 14.3 Å². The fraction of sp³-hybridized carbons (Fsp3) is 0.167. The van der Waals surface area contributed by atoms with Crippen molar-refractivity contribution in [1.82, 2.24) is 9.88 Å². The topological polar surface area (TPSA) is 64.0 Å². The van der Waals surface area contributed by atoms with E-state index in [1.165, 1.54) is 11.8 Å². The fourth-order valence-corrected chi connectivity index (χ4v) is 3.62. The maximum Gasteiger partial charge on any atom is 0.266 e. The number of carbonyl (C=O) groups excluding carboxylic acids is 1. The molecular formula is C18H15N3O3S. The Morgan fingerprint density at radius 1 is 1.32 bits per heavy atom. The number of likely N-dealkylation sites (N-methyl/N-ethyl adjacent to an activating group) is 1. The molecule has 1 aromatic carbocycles. The van der Waals surface area contributed by atoms with Gasteiger partial charge in [-0.1, -0.05) is 6.07 Å². The predicted octanol–water partition coefficient (Wildman–Crippen LogP) is 3.43. The average Bonchev–Trinajstić information content (AvgIpc) is 3.20. The molecule has 0 spiro atoms. The lowest BCUT2D eigenvalue weighted by atomic mass is 10.2. The molecule has 1 saturated heterocycles. The van der Waals surface area contributed by atoms with Gasteiger partial charge in [-0.25, -0.2) is 4.99 Å². The minimum atomic E-state index is -0.0483. The number of ether oxygens (including phenoxy) is 2.